The topological polar surface area (TPSA) is 76.2 Å². The van der Waals surface area contributed by atoms with E-state index < -0.39 is 5.97 Å². The molecular formula is C10H16N2O3. The quantitative estimate of drug-likeness (QED) is 0.667. The van der Waals surface area contributed by atoms with Crippen LogP contribution in [0.15, 0.2) is 10.8 Å². The summed E-state index contributed by atoms with van der Waals surface area (Å²) in [5.41, 5.74) is 0. The molecule has 0 fully saturated rings. The number of hydrogen-bond donors (Lipinski definition) is 1. The molecule has 1 aromatic heterocycles. The van der Waals surface area contributed by atoms with Crippen LogP contribution in [0.5, 0.6) is 0 Å². The van der Waals surface area contributed by atoms with Crippen LogP contribution in [-0.2, 0) is 11.2 Å². The monoisotopic (exact) mass is 212 g/mol. The molecule has 84 valence electrons. The lowest BCUT2D eigenvalue weighted by atomic mass is 10.1. The van der Waals surface area contributed by atoms with Crippen LogP contribution in [-0.4, -0.2) is 21.3 Å². The summed E-state index contributed by atoms with van der Waals surface area (Å²) in [4.78, 5) is 10.2. The number of carboxylic acids is 1. The van der Waals surface area contributed by atoms with Gasteiger partial charge < -0.3 is 9.52 Å². The summed E-state index contributed by atoms with van der Waals surface area (Å²) in [5.74, 6) is -0.0265. The highest BCUT2D eigenvalue weighted by Crippen LogP contribution is 2.08. The van der Waals surface area contributed by atoms with Gasteiger partial charge in [-0.1, -0.05) is 19.3 Å². The molecule has 0 spiro atoms. The van der Waals surface area contributed by atoms with Gasteiger partial charge in [-0.25, -0.2) is 0 Å². The first kappa shape index (κ1) is 11.7. The van der Waals surface area contributed by atoms with Gasteiger partial charge in [0.25, 0.3) is 0 Å². The van der Waals surface area contributed by atoms with Crippen LogP contribution in [0.2, 0.25) is 0 Å². The molecule has 0 aliphatic rings. The predicted molar refractivity (Wildman–Crippen MR) is 53.3 cm³/mol. The molecule has 0 amide bonds. The average molecular weight is 212 g/mol. The maximum atomic E-state index is 10.2. The molecule has 0 atom stereocenters. The van der Waals surface area contributed by atoms with Crippen LogP contribution in [0.25, 0.3) is 0 Å². The zero-order valence-corrected chi connectivity index (χ0v) is 8.69. The van der Waals surface area contributed by atoms with E-state index in [-0.39, 0.29) is 6.42 Å². The third-order valence-corrected chi connectivity index (χ3v) is 2.19. The molecule has 0 unspecified atom stereocenters. The number of carboxylic acid groups (broad SMARTS) is 1. The zero-order valence-electron chi connectivity index (χ0n) is 8.69. The first-order valence-corrected chi connectivity index (χ1v) is 5.26. The maximum absolute atomic E-state index is 10.2. The summed E-state index contributed by atoms with van der Waals surface area (Å²) in [5, 5.41) is 15.8. The van der Waals surface area contributed by atoms with E-state index in [1.807, 2.05) is 0 Å². The normalized spacial score (nSPS) is 10.4. The van der Waals surface area contributed by atoms with E-state index in [1.165, 1.54) is 6.39 Å². The van der Waals surface area contributed by atoms with E-state index in [2.05, 4.69) is 10.2 Å². The minimum absolute atomic E-state index is 0.281. The van der Waals surface area contributed by atoms with Crippen LogP contribution in [0.4, 0.5) is 0 Å². The highest BCUT2D eigenvalue weighted by Gasteiger charge is 1.99. The Morgan fingerprint density at radius 2 is 2.00 bits per heavy atom. The van der Waals surface area contributed by atoms with Gasteiger partial charge in [0, 0.05) is 12.8 Å². The van der Waals surface area contributed by atoms with Gasteiger partial charge in [0.2, 0.25) is 12.3 Å². The second-order valence-corrected chi connectivity index (χ2v) is 3.49. The van der Waals surface area contributed by atoms with Crippen LogP contribution in [0, 0.1) is 0 Å². The lowest BCUT2D eigenvalue weighted by molar-refractivity contribution is -0.137. The second-order valence-electron chi connectivity index (χ2n) is 3.49. The van der Waals surface area contributed by atoms with Gasteiger partial charge in [-0.05, 0) is 12.8 Å². The van der Waals surface area contributed by atoms with Crippen molar-refractivity contribution in [2.45, 2.75) is 44.9 Å². The molecule has 0 radical (unpaired) electrons. The molecule has 0 bridgehead atoms. The van der Waals surface area contributed by atoms with Crippen molar-refractivity contribution in [1.82, 2.24) is 10.2 Å². The van der Waals surface area contributed by atoms with E-state index in [9.17, 15) is 4.79 Å². The van der Waals surface area contributed by atoms with Crippen molar-refractivity contribution in [3.8, 4) is 0 Å². The average Bonchev–Trinajstić information content (AvgIpc) is 2.68. The molecule has 0 aliphatic heterocycles. The Bertz CT molecular complexity index is 272. The van der Waals surface area contributed by atoms with Crippen LogP contribution >= 0.6 is 0 Å². The molecule has 5 nitrogen and oxygen atoms in total. The first-order valence-electron chi connectivity index (χ1n) is 5.26. The fourth-order valence-corrected chi connectivity index (χ4v) is 1.39. The summed E-state index contributed by atoms with van der Waals surface area (Å²) >= 11 is 0. The van der Waals surface area contributed by atoms with Crippen molar-refractivity contribution >= 4 is 5.97 Å². The van der Waals surface area contributed by atoms with Crippen molar-refractivity contribution in [2.75, 3.05) is 0 Å². The largest absolute Gasteiger partial charge is 0.481 e. The van der Waals surface area contributed by atoms with Crippen molar-refractivity contribution in [1.29, 1.82) is 0 Å². The highest BCUT2D eigenvalue weighted by molar-refractivity contribution is 5.66. The number of aryl methyl sites for hydroxylation is 1. The molecule has 1 heterocycles. The summed E-state index contributed by atoms with van der Waals surface area (Å²) in [6.45, 7) is 0. The SMILES string of the molecule is O=C(O)CCCCCCCc1nnco1. The Morgan fingerprint density at radius 1 is 1.27 bits per heavy atom. The van der Waals surface area contributed by atoms with E-state index in [0.29, 0.717) is 5.89 Å². The Labute approximate surface area is 88.5 Å². The maximum Gasteiger partial charge on any atom is 0.303 e. The fourth-order valence-electron chi connectivity index (χ4n) is 1.39. The minimum Gasteiger partial charge on any atom is -0.481 e. The molecule has 5 heteroatoms. The summed E-state index contributed by atoms with van der Waals surface area (Å²) < 4.78 is 4.99. The number of carbonyl (C=O) groups is 1. The first-order chi connectivity index (χ1) is 7.29. The smallest absolute Gasteiger partial charge is 0.303 e. The summed E-state index contributed by atoms with van der Waals surface area (Å²) in [7, 11) is 0. The lowest BCUT2D eigenvalue weighted by Gasteiger charge is -1.98. The minimum atomic E-state index is -0.708. The molecule has 1 N–H and O–H groups in total. The highest BCUT2D eigenvalue weighted by atomic mass is 16.4. The lowest BCUT2D eigenvalue weighted by Crippen LogP contribution is -1.93. The van der Waals surface area contributed by atoms with Crippen LogP contribution < -0.4 is 0 Å². The molecule has 0 saturated heterocycles. The molecular weight excluding hydrogens is 196 g/mol. The Balaban J connectivity index is 1.87. The zero-order chi connectivity index (χ0) is 10.9. The number of nitrogens with zero attached hydrogens (tertiary/aromatic N) is 2. The van der Waals surface area contributed by atoms with Gasteiger partial charge in [-0.3, -0.25) is 4.79 Å². The molecule has 1 rings (SSSR count). The van der Waals surface area contributed by atoms with E-state index in [1.54, 1.807) is 0 Å². The third kappa shape index (κ3) is 5.83. The van der Waals surface area contributed by atoms with E-state index in [4.69, 9.17) is 9.52 Å². The van der Waals surface area contributed by atoms with Crippen molar-refractivity contribution in [3.63, 3.8) is 0 Å². The van der Waals surface area contributed by atoms with Crippen LogP contribution in [0.1, 0.15) is 44.4 Å². The number of aliphatic carboxylic acids is 1. The fraction of sp³-hybridized carbons (Fsp3) is 0.700. The van der Waals surface area contributed by atoms with Gasteiger partial charge in [-0.15, -0.1) is 10.2 Å². The number of hydrogen-bond acceptors (Lipinski definition) is 4. The van der Waals surface area contributed by atoms with Crippen molar-refractivity contribution in [2.24, 2.45) is 0 Å². The summed E-state index contributed by atoms with van der Waals surface area (Å²) in [6, 6.07) is 0. The molecule has 0 saturated carbocycles. The second kappa shape index (κ2) is 6.98. The Hall–Kier alpha value is -1.39. The van der Waals surface area contributed by atoms with Gasteiger partial charge in [-0.2, -0.15) is 0 Å². The summed E-state index contributed by atoms with van der Waals surface area (Å²) in [6.07, 6.45) is 7.37. The number of rotatable bonds is 8. The molecule has 0 aromatic carbocycles. The third-order valence-electron chi connectivity index (χ3n) is 2.19. The standard InChI is InChI=1S/C10H16N2O3/c13-10(14)7-5-3-1-2-4-6-9-12-11-8-15-9/h8H,1-7H2,(H,13,14). The number of aromatic nitrogens is 2. The predicted octanol–water partition coefficient (Wildman–Crippen LogP) is 2.04. The van der Waals surface area contributed by atoms with Gasteiger partial charge in [0.05, 0.1) is 0 Å². The molecule has 0 aliphatic carbocycles. The molecule has 15 heavy (non-hydrogen) atoms. The van der Waals surface area contributed by atoms with Crippen molar-refractivity contribution in [3.05, 3.63) is 12.3 Å². The van der Waals surface area contributed by atoms with E-state index >= 15 is 0 Å². The molecule has 1 aromatic rings. The van der Waals surface area contributed by atoms with Crippen molar-refractivity contribution < 1.29 is 14.3 Å². The van der Waals surface area contributed by atoms with E-state index in [0.717, 1.165) is 38.5 Å². The Morgan fingerprint density at radius 3 is 2.67 bits per heavy atom. The Kier molecular flexibility index (Phi) is 5.43. The van der Waals surface area contributed by atoms with Gasteiger partial charge in [0.15, 0.2) is 0 Å². The van der Waals surface area contributed by atoms with Gasteiger partial charge in [0.1, 0.15) is 0 Å². The van der Waals surface area contributed by atoms with Gasteiger partial charge >= 0.3 is 5.97 Å². The number of unbranched alkanes of at least 4 members (excludes halogenated alkanes) is 4. The van der Waals surface area contributed by atoms with Crippen LogP contribution in [0.3, 0.4) is 0 Å².